The molecule has 1 N–H and O–H groups in total. The molecule has 138 valence electrons. The fourth-order valence-electron chi connectivity index (χ4n) is 2.48. The summed E-state index contributed by atoms with van der Waals surface area (Å²) in [6, 6.07) is 13.4. The number of aromatic nitrogens is 2. The Morgan fingerprint density at radius 3 is 2.26 bits per heavy atom. The number of ether oxygens (including phenoxy) is 1. The minimum Gasteiger partial charge on any atom is -0.444 e. The minimum absolute atomic E-state index is 0.311. The lowest BCUT2D eigenvalue weighted by Crippen LogP contribution is -2.27. The van der Waals surface area contributed by atoms with Crippen molar-refractivity contribution in [1.29, 1.82) is 0 Å². The van der Waals surface area contributed by atoms with Crippen LogP contribution in [-0.2, 0) is 4.74 Å². The van der Waals surface area contributed by atoms with Crippen molar-refractivity contribution in [3.63, 3.8) is 0 Å². The van der Waals surface area contributed by atoms with E-state index in [-0.39, 0.29) is 5.82 Å². The van der Waals surface area contributed by atoms with Gasteiger partial charge in [0.2, 0.25) is 0 Å². The van der Waals surface area contributed by atoms with Crippen LogP contribution in [0.3, 0.4) is 0 Å². The van der Waals surface area contributed by atoms with Crippen LogP contribution in [0, 0.1) is 5.82 Å². The Bertz CT molecular complexity index is 936. The van der Waals surface area contributed by atoms with Crippen LogP contribution in [0.15, 0.2) is 60.9 Å². The molecule has 0 aliphatic carbocycles. The highest BCUT2D eigenvalue weighted by Gasteiger charge is 2.17. The first kappa shape index (κ1) is 18.5. The fraction of sp³-hybridized carbons (Fsp3) is 0.190. The van der Waals surface area contributed by atoms with E-state index >= 15 is 0 Å². The molecule has 3 rings (SSSR count). The Morgan fingerprint density at radius 2 is 1.63 bits per heavy atom. The number of hydrogen-bond acceptors (Lipinski definition) is 4. The smallest absolute Gasteiger partial charge is 0.413 e. The molecule has 3 aromatic rings. The summed E-state index contributed by atoms with van der Waals surface area (Å²) in [5, 5.41) is 2.67. The van der Waals surface area contributed by atoms with Gasteiger partial charge in [-0.25, -0.2) is 14.2 Å². The number of hydrogen-bond donors (Lipinski definition) is 1. The van der Waals surface area contributed by atoms with Crippen LogP contribution in [0.4, 0.5) is 15.0 Å². The lowest BCUT2D eigenvalue weighted by Gasteiger charge is -2.19. The Labute approximate surface area is 157 Å². The molecule has 2 aromatic heterocycles. The molecule has 0 unspecified atom stereocenters. The number of carbonyl (C=O) groups is 1. The van der Waals surface area contributed by atoms with Crippen molar-refractivity contribution in [2.24, 2.45) is 0 Å². The summed E-state index contributed by atoms with van der Waals surface area (Å²) in [4.78, 5) is 20.7. The van der Waals surface area contributed by atoms with Gasteiger partial charge in [0.05, 0.1) is 5.69 Å². The second kappa shape index (κ2) is 7.53. The summed E-state index contributed by atoms with van der Waals surface area (Å²) in [6.07, 6.45) is 2.75. The molecular weight excluding hydrogens is 345 g/mol. The number of carbonyl (C=O) groups excluding carboxylic acids is 1. The largest absolute Gasteiger partial charge is 0.444 e. The molecule has 0 fully saturated rings. The quantitative estimate of drug-likeness (QED) is 0.684. The normalized spacial score (nSPS) is 11.1. The average Bonchev–Trinajstić information content (AvgIpc) is 2.61. The summed E-state index contributed by atoms with van der Waals surface area (Å²) < 4.78 is 18.6. The molecule has 0 aliphatic heterocycles. The average molecular weight is 365 g/mol. The lowest BCUT2D eigenvalue weighted by molar-refractivity contribution is 0.0635. The summed E-state index contributed by atoms with van der Waals surface area (Å²) in [7, 11) is 0. The standard InChI is InChI=1S/C21H20FN3O2/c1-21(2,3)27-20(26)25-19-13-16(14-4-6-17(22)7-5-14)12-18(24-19)15-8-10-23-11-9-15/h4-13H,1-3H3,(H,24,25,26). The molecule has 0 spiro atoms. The molecule has 0 bridgehead atoms. The van der Waals surface area contributed by atoms with Gasteiger partial charge in [-0.15, -0.1) is 0 Å². The molecular formula is C21H20FN3O2. The van der Waals surface area contributed by atoms with Crippen molar-refractivity contribution in [2.45, 2.75) is 26.4 Å². The number of amides is 1. The van der Waals surface area contributed by atoms with Crippen molar-refractivity contribution in [2.75, 3.05) is 5.32 Å². The van der Waals surface area contributed by atoms with Gasteiger partial charge in [-0.1, -0.05) is 12.1 Å². The highest BCUT2D eigenvalue weighted by atomic mass is 19.1. The zero-order valence-electron chi connectivity index (χ0n) is 15.4. The predicted molar refractivity (Wildman–Crippen MR) is 103 cm³/mol. The van der Waals surface area contributed by atoms with Gasteiger partial charge >= 0.3 is 6.09 Å². The van der Waals surface area contributed by atoms with Gasteiger partial charge in [-0.3, -0.25) is 10.3 Å². The van der Waals surface area contributed by atoms with Crippen molar-refractivity contribution in [3.8, 4) is 22.4 Å². The van der Waals surface area contributed by atoms with Crippen molar-refractivity contribution >= 4 is 11.9 Å². The van der Waals surface area contributed by atoms with Crippen LogP contribution < -0.4 is 5.32 Å². The maximum atomic E-state index is 13.3. The maximum absolute atomic E-state index is 13.3. The van der Waals surface area contributed by atoms with Crippen LogP contribution in [0.25, 0.3) is 22.4 Å². The van der Waals surface area contributed by atoms with Crippen LogP contribution >= 0.6 is 0 Å². The van der Waals surface area contributed by atoms with Gasteiger partial charge in [0, 0.05) is 18.0 Å². The van der Waals surface area contributed by atoms with E-state index in [2.05, 4.69) is 15.3 Å². The number of halogens is 1. The Kier molecular flexibility index (Phi) is 5.16. The molecule has 0 saturated carbocycles. The monoisotopic (exact) mass is 365 g/mol. The molecule has 2 heterocycles. The number of rotatable bonds is 3. The van der Waals surface area contributed by atoms with Crippen LogP contribution in [-0.4, -0.2) is 21.7 Å². The molecule has 0 radical (unpaired) electrons. The highest BCUT2D eigenvalue weighted by molar-refractivity contribution is 5.86. The Balaban J connectivity index is 2.00. The van der Waals surface area contributed by atoms with Gasteiger partial charge in [0.25, 0.3) is 0 Å². The number of nitrogens with zero attached hydrogens (tertiary/aromatic N) is 2. The topological polar surface area (TPSA) is 64.1 Å². The van der Waals surface area contributed by atoms with Gasteiger partial charge in [-0.05, 0) is 68.3 Å². The van der Waals surface area contributed by atoms with E-state index in [0.29, 0.717) is 11.5 Å². The third-order valence-corrected chi connectivity index (χ3v) is 3.61. The van der Waals surface area contributed by atoms with Crippen LogP contribution in [0.1, 0.15) is 20.8 Å². The lowest BCUT2D eigenvalue weighted by atomic mass is 10.0. The highest BCUT2D eigenvalue weighted by Crippen LogP contribution is 2.28. The predicted octanol–water partition coefficient (Wildman–Crippen LogP) is 5.30. The van der Waals surface area contributed by atoms with Crippen LogP contribution in [0.5, 0.6) is 0 Å². The van der Waals surface area contributed by atoms with E-state index in [1.165, 1.54) is 12.1 Å². The van der Waals surface area contributed by atoms with Crippen molar-refractivity contribution < 1.29 is 13.9 Å². The Morgan fingerprint density at radius 1 is 0.963 bits per heavy atom. The van der Waals surface area contributed by atoms with Gasteiger partial charge in [0.1, 0.15) is 17.2 Å². The SMILES string of the molecule is CC(C)(C)OC(=O)Nc1cc(-c2ccc(F)cc2)cc(-c2ccncc2)n1. The molecule has 0 atom stereocenters. The van der Waals surface area contributed by atoms with Gasteiger partial charge < -0.3 is 4.74 Å². The molecule has 0 saturated heterocycles. The number of anilines is 1. The first-order chi connectivity index (χ1) is 12.8. The van der Waals surface area contributed by atoms with Crippen LogP contribution in [0.2, 0.25) is 0 Å². The van der Waals surface area contributed by atoms with E-state index in [4.69, 9.17) is 4.74 Å². The molecule has 27 heavy (non-hydrogen) atoms. The molecule has 6 heteroatoms. The number of pyridine rings is 2. The summed E-state index contributed by atoms with van der Waals surface area (Å²) in [6.45, 7) is 5.37. The van der Waals surface area contributed by atoms with E-state index in [1.807, 2.05) is 18.2 Å². The number of nitrogens with one attached hydrogen (secondary N) is 1. The van der Waals surface area contributed by atoms with Crippen molar-refractivity contribution in [1.82, 2.24) is 9.97 Å². The first-order valence-corrected chi connectivity index (χ1v) is 8.49. The zero-order valence-corrected chi connectivity index (χ0v) is 15.4. The van der Waals surface area contributed by atoms with E-state index < -0.39 is 11.7 Å². The zero-order chi connectivity index (χ0) is 19.4. The summed E-state index contributed by atoms with van der Waals surface area (Å²) in [5.74, 6) is 0.0344. The third-order valence-electron chi connectivity index (χ3n) is 3.61. The number of benzene rings is 1. The maximum Gasteiger partial charge on any atom is 0.413 e. The molecule has 5 nitrogen and oxygen atoms in total. The molecule has 1 amide bonds. The van der Waals surface area contributed by atoms with E-state index in [1.54, 1.807) is 51.4 Å². The molecule has 0 aliphatic rings. The van der Waals surface area contributed by atoms with Gasteiger partial charge in [-0.2, -0.15) is 0 Å². The molecule has 1 aromatic carbocycles. The second-order valence-electron chi connectivity index (χ2n) is 7.00. The summed E-state index contributed by atoms with van der Waals surface area (Å²) >= 11 is 0. The second-order valence-corrected chi connectivity index (χ2v) is 7.00. The first-order valence-electron chi connectivity index (χ1n) is 8.49. The third kappa shape index (κ3) is 5.10. The van der Waals surface area contributed by atoms with E-state index in [9.17, 15) is 9.18 Å². The summed E-state index contributed by atoms with van der Waals surface area (Å²) in [5.41, 5.74) is 2.49. The Hall–Kier alpha value is -3.28. The minimum atomic E-state index is -0.618. The van der Waals surface area contributed by atoms with E-state index in [0.717, 1.165) is 16.7 Å². The van der Waals surface area contributed by atoms with Gasteiger partial charge in [0.15, 0.2) is 0 Å². The van der Waals surface area contributed by atoms with Crippen molar-refractivity contribution in [3.05, 3.63) is 66.7 Å². The fourth-order valence-corrected chi connectivity index (χ4v) is 2.48.